The average Bonchev–Trinajstić information content (AvgIpc) is 3.48. The van der Waals surface area contributed by atoms with Crippen LogP contribution in [0.3, 0.4) is 0 Å². The summed E-state index contributed by atoms with van der Waals surface area (Å²) >= 11 is 0. The molecule has 0 radical (unpaired) electrons. The van der Waals surface area contributed by atoms with Crippen molar-refractivity contribution in [2.24, 2.45) is 29.1 Å². The highest BCUT2D eigenvalue weighted by molar-refractivity contribution is 5.82. The van der Waals surface area contributed by atoms with Crippen LogP contribution in [0, 0.1) is 34.9 Å². The molecule has 1 heterocycles. The van der Waals surface area contributed by atoms with Crippen molar-refractivity contribution in [1.29, 1.82) is 0 Å². The van der Waals surface area contributed by atoms with Gasteiger partial charge in [-0.05, 0) is 113 Å². The van der Waals surface area contributed by atoms with Crippen molar-refractivity contribution in [1.82, 2.24) is 15.3 Å². The van der Waals surface area contributed by atoms with Crippen LogP contribution < -0.4 is 10.2 Å². The van der Waals surface area contributed by atoms with Crippen LogP contribution in [0.1, 0.15) is 90.2 Å². The Hall–Kier alpha value is -2.56. The van der Waals surface area contributed by atoms with E-state index in [-0.39, 0.29) is 30.4 Å². The molecule has 0 aromatic heterocycles. The zero-order chi connectivity index (χ0) is 36.4. The molecule has 3 N–H and O–H groups in total. The number of carbonyl (C=O) groups excluding carboxylic acids is 1. The highest BCUT2D eigenvalue weighted by Gasteiger charge is 2.57. The summed E-state index contributed by atoms with van der Waals surface area (Å²) in [6, 6.07) is 15.4. The molecule has 0 spiro atoms. The summed E-state index contributed by atoms with van der Waals surface area (Å²) in [5.74, 6) is 0.694. The minimum Gasteiger partial charge on any atom is -0.394 e. The van der Waals surface area contributed by atoms with Crippen molar-refractivity contribution in [2.75, 3.05) is 32.1 Å². The molecule has 7 rings (SSSR count). The predicted octanol–water partition coefficient (Wildman–Crippen LogP) is 6.19. The van der Waals surface area contributed by atoms with Crippen LogP contribution in [0.5, 0.6) is 0 Å². The molecule has 2 aromatic carbocycles. The molecule has 5 aliphatic rings. The maximum atomic E-state index is 15.5. The summed E-state index contributed by atoms with van der Waals surface area (Å²) in [6.07, 6.45) is 8.02. The molecule has 1 unspecified atom stereocenters. The smallest absolute Gasteiger partial charge is 0.240 e. The van der Waals surface area contributed by atoms with Gasteiger partial charge in [-0.15, -0.1) is 0 Å². The molecule has 4 saturated carbocycles. The number of benzene rings is 2. The van der Waals surface area contributed by atoms with E-state index >= 15 is 4.39 Å². The van der Waals surface area contributed by atoms with Gasteiger partial charge in [-0.25, -0.2) is 4.39 Å². The van der Waals surface area contributed by atoms with Crippen LogP contribution >= 0.6 is 0 Å². The number of rotatable bonds is 14. The van der Waals surface area contributed by atoms with Gasteiger partial charge in [0.05, 0.1) is 24.9 Å². The third kappa shape index (κ3) is 8.18. The van der Waals surface area contributed by atoms with E-state index in [0.29, 0.717) is 41.4 Å². The summed E-state index contributed by atoms with van der Waals surface area (Å²) in [5.41, 5.74) is 3.14. The fourth-order valence-corrected chi connectivity index (χ4v) is 10.2. The van der Waals surface area contributed by atoms with Crippen molar-refractivity contribution < 1.29 is 24.2 Å². The van der Waals surface area contributed by atoms with E-state index in [1.54, 1.807) is 24.1 Å². The number of hydrogen-bond acceptors (Lipinski definition) is 7. The second kappa shape index (κ2) is 16.2. The van der Waals surface area contributed by atoms with Crippen LogP contribution in [0.4, 0.5) is 10.1 Å². The van der Waals surface area contributed by atoms with Crippen LogP contribution in [-0.4, -0.2) is 89.7 Å². The number of hydrogen-bond donors (Lipinski definition) is 3. The zero-order valence-electron chi connectivity index (χ0n) is 31.8. The van der Waals surface area contributed by atoms with E-state index in [1.165, 1.54) is 12.8 Å². The van der Waals surface area contributed by atoms with E-state index in [2.05, 4.69) is 74.2 Å². The third-order valence-electron chi connectivity index (χ3n) is 13.3. The first-order valence-electron chi connectivity index (χ1n) is 19.7. The van der Waals surface area contributed by atoms with Gasteiger partial charge >= 0.3 is 0 Å². The van der Waals surface area contributed by atoms with Crippen LogP contribution in [0.15, 0.2) is 48.5 Å². The zero-order valence-corrected chi connectivity index (χ0v) is 31.8. The molecule has 4 aliphatic carbocycles. The molecule has 282 valence electrons. The standard InChI is InChI=1S/C42H63FN4O4/c1-27-34-23-31(42(34,3)4)24-36(27)44-41(50)40-39(28(2)49)38(26-48)51-46(40)25-30-14-12-13-29(21-30)22-33(19-20-45(5)6)47(32-15-8-7-9-16-32)37-18-11-10-17-35(37)43/h10-14,17-18,21,27-28,31-34,36,38-40,48-49H,7-9,15-16,19-20,22-26H2,1-6H3,(H,44,50)/t27-,28-,31+,33?,34-,36-,38-,39+,40-/m0/s1. The maximum absolute atomic E-state index is 15.5. The van der Waals surface area contributed by atoms with E-state index < -0.39 is 24.2 Å². The lowest BCUT2D eigenvalue weighted by Crippen LogP contribution is -2.62. The Morgan fingerprint density at radius 1 is 1.08 bits per heavy atom. The fraction of sp³-hybridized carbons (Fsp3) is 0.690. The molecular formula is C42H63FN4O4. The van der Waals surface area contributed by atoms with Crippen LogP contribution in [-0.2, 0) is 22.6 Å². The van der Waals surface area contributed by atoms with Crippen molar-refractivity contribution in [2.45, 2.75) is 128 Å². The molecule has 8 nitrogen and oxygen atoms in total. The number of aliphatic hydroxyl groups excluding tert-OH is 2. The number of halogens is 1. The number of para-hydroxylation sites is 1. The normalized spacial score (nSPS) is 30.5. The monoisotopic (exact) mass is 706 g/mol. The highest BCUT2D eigenvalue weighted by atomic mass is 19.1. The molecule has 1 amide bonds. The van der Waals surface area contributed by atoms with Gasteiger partial charge in [0.1, 0.15) is 18.0 Å². The first-order chi connectivity index (χ1) is 24.4. The van der Waals surface area contributed by atoms with Crippen LogP contribution in [0.2, 0.25) is 0 Å². The summed E-state index contributed by atoms with van der Waals surface area (Å²) < 4.78 is 15.5. The topological polar surface area (TPSA) is 88.5 Å². The molecule has 2 bridgehead atoms. The van der Waals surface area contributed by atoms with Gasteiger partial charge in [0.15, 0.2) is 0 Å². The number of carbonyl (C=O) groups is 1. The maximum Gasteiger partial charge on any atom is 0.240 e. The van der Waals surface area contributed by atoms with E-state index in [9.17, 15) is 15.0 Å². The minimum atomic E-state index is -0.841. The summed E-state index contributed by atoms with van der Waals surface area (Å²) in [7, 11) is 4.18. The average molecular weight is 707 g/mol. The number of amides is 1. The number of fused-ring (bicyclic) bond motifs is 2. The van der Waals surface area contributed by atoms with Gasteiger partial charge in [0.25, 0.3) is 0 Å². The van der Waals surface area contributed by atoms with Gasteiger partial charge in [-0.1, -0.05) is 76.4 Å². The lowest BCUT2D eigenvalue weighted by atomic mass is 9.45. The predicted molar refractivity (Wildman–Crippen MR) is 200 cm³/mol. The van der Waals surface area contributed by atoms with Gasteiger partial charge in [0, 0.05) is 24.0 Å². The van der Waals surface area contributed by atoms with Crippen molar-refractivity contribution >= 4 is 11.6 Å². The number of anilines is 1. The Labute approximate surface area is 305 Å². The minimum absolute atomic E-state index is 0.0861. The lowest BCUT2D eigenvalue weighted by molar-refractivity contribution is -0.183. The first-order valence-corrected chi connectivity index (χ1v) is 19.7. The Morgan fingerprint density at radius 2 is 1.80 bits per heavy atom. The van der Waals surface area contributed by atoms with Gasteiger partial charge < -0.3 is 25.3 Å². The molecule has 1 aliphatic heterocycles. The number of hydroxylamine groups is 2. The number of nitrogens with zero attached hydrogens (tertiary/aromatic N) is 3. The number of nitrogens with one attached hydrogen (secondary N) is 1. The molecule has 9 heteroatoms. The van der Waals surface area contributed by atoms with Gasteiger partial charge in [-0.2, -0.15) is 5.06 Å². The first kappa shape index (κ1) is 38.2. The summed E-state index contributed by atoms with van der Waals surface area (Å²) in [6.45, 7) is 9.60. The summed E-state index contributed by atoms with van der Waals surface area (Å²) in [4.78, 5) is 25.1. The van der Waals surface area contributed by atoms with E-state index in [4.69, 9.17) is 4.84 Å². The van der Waals surface area contributed by atoms with E-state index in [0.717, 1.165) is 62.6 Å². The number of aliphatic hydroxyl groups is 2. The fourth-order valence-electron chi connectivity index (χ4n) is 10.2. The molecule has 9 atom stereocenters. The second-order valence-electron chi connectivity index (χ2n) is 17.2. The molecule has 2 aromatic rings. The molecular weight excluding hydrogens is 643 g/mol. The molecule has 51 heavy (non-hydrogen) atoms. The molecule has 1 saturated heterocycles. The highest BCUT2D eigenvalue weighted by Crippen LogP contribution is 2.61. The van der Waals surface area contributed by atoms with Crippen molar-refractivity contribution in [3.8, 4) is 0 Å². The van der Waals surface area contributed by atoms with Crippen molar-refractivity contribution in [3.05, 3.63) is 65.5 Å². The quantitative estimate of drug-likeness (QED) is 0.216. The van der Waals surface area contributed by atoms with Gasteiger partial charge in [-0.3, -0.25) is 9.63 Å². The third-order valence-corrected chi connectivity index (χ3v) is 13.3. The summed E-state index contributed by atoms with van der Waals surface area (Å²) in [5, 5.41) is 26.3. The Balaban J connectivity index is 1.23. The van der Waals surface area contributed by atoms with E-state index in [1.807, 2.05) is 12.1 Å². The molecule has 5 fully saturated rings. The van der Waals surface area contributed by atoms with Gasteiger partial charge in [0.2, 0.25) is 5.91 Å². The largest absolute Gasteiger partial charge is 0.394 e. The Kier molecular flexibility index (Phi) is 12.1. The Bertz CT molecular complexity index is 1460. The SMILES string of the molecule is C[C@@H]1[C@@H](NC(=O)[C@@H]2[C@H]([C@H](C)O)[C@H](CO)ON2Cc2cccc(CC(CCN(C)C)N(c3ccccc3F)C3CCCCC3)c2)C[C@H]2C[C@@H]1C2(C)C. The lowest BCUT2D eigenvalue weighted by Gasteiger charge is -2.62. The second-order valence-corrected chi connectivity index (χ2v) is 17.2. The van der Waals surface area contributed by atoms with Crippen molar-refractivity contribution in [3.63, 3.8) is 0 Å². The van der Waals surface area contributed by atoms with Crippen LogP contribution in [0.25, 0.3) is 0 Å². The Morgan fingerprint density at radius 3 is 2.45 bits per heavy atom.